The molecule has 0 bridgehead atoms. The maximum Gasteiger partial charge on any atom is 0.159 e. The van der Waals surface area contributed by atoms with E-state index < -0.39 is 0 Å². The molecule has 1 saturated heterocycles. The average molecular weight is 498 g/mol. The number of halogens is 1. The van der Waals surface area contributed by atoms with Crippen LogP contribution in [0.15, 0.2) is 91.8 Å². The van der Waals surface area contributed by atoms with Gasteiger partial charge in [0.15, 0.2) is 5.82 Å². The Morgan fingerprint density at radius 2 is 1.44 bits per heavy atom. The Kier molecular flexibility index (Phi) is 7.21. The van der Waals surface area contributed by atoms with E-state index >= 15 is 0 Å². The van der Waals surface area contributed by atoms with Crippen LogP contribution in [0, 0.1) is 0 Å². The lowest BCUT2D eigenvalue weighted by Gasteiger charge is -2.22. The van der Waals surface area contributed by atoms with Crippen LogP contribution in [0.4, 0.5) is 0 Å². The van der Waals surface area contributed by atoms with Crippen LogP contribution < -0.4 is 5.32 Å². The van der Waals surface area contributed by atoms with Crippen molar-refractivity contribution in [1.29, 1.82) is 0 Å². The molecule has 36 heavy (non-hydrogen) atoms. The number of benzene rings is 2. The van der Waals surface area contributed by atoms with Crippen molar-refractivity contribution in [2.24, 2.45) is 0 Å². The van der Waals surface area contributed by atoms with E-state index in [1.165, 1.54) is 5.56 Å². The van der Waals surface area contributed by atoms with Crippen molar-refractivity contribution in [2.75, 3.05) is 13.1 Å². The molecule has 0 aliphatic carbocycles. The minimum absolute atomic E-state index is 0. The highest BCUT2D eigenvalue weighted by atomic mass is 35.5. The highest BCUT2D eigenvalue weighted by molar-refractivity contribution is 5.85. The molecule has 1 aliphatic heterocycles. The Labute approximate surface area is 216 Å². The molecule has 0 atom stereocenters. The zero-order valence-corrected chi connectivity index (χ0v) is 20.7. The minimum atomic E-state index is 0. The first-order valence-electron chi connectivity index (χ1n) is 12.1. The van der Waals surface area contributed by atoms with E-state index in [0.29, 0.717) is 11.9 Å². The van der Waals surface area contributed by atoms with Crippen LogP contribution in [-0.2, 0) is 6.54 Å². The van der Waals surface area contributed by atoms with Gasteiger partial charge in [-0.15, -0.1) is 12.4 Å². The molecule has 0 radical (unpaired) electrons. The van der Waals surface area contributed by atoms with Gasteiger partial charge >= 0.3 is 0 Å². The van der Waals surface area contributed by atoms with Gasteiger partial charge in [-0.1, -0.05) is 48.5 Å². The van der Waals surface area contributed by atoms with Gasteiger partial charge in [0.1, 0.15) is 0 Å². The van der Waals surface area contributed by atoms with Gasteiger partial charge in [-0.2, -0.15) is 10.2 Å². The van der Waals surface area contributed by atoms with Crippen molar-refractivity contribution in [2.45, 2.75) is 25.4 Å². The van der Waals surface area contributed by atoms with Gasteiger partial charge in [0.25, 0.3) is 0 Å². The lowest BCUT2D eigenvalue weighted by molar-refractivity contribution is 0.343. The maximum atomic E-state index is 4.66. The van der Waals surface area contributed by atoms with Crippen LogP contribution >= 0.6 is 12.4 Å². The second kappa shape index (κ2) is 10.8. The highest BCUT2D eigenvalue weighted by Crippen LogP contribution is 2.26. The molecule has 1 fully saturated rings. The smallest absolute Gasteiger partial charge is 0.159 e. The zero-order valence-electron chi connectivity index (χ0n) is 19.9. The van der Waals surface area contributed by atoms with E-state index in [9.17, 15) is 0 Å². The first-order chi connectivity index (χ1) is 17.3. The summed E-state index contributed by atoms with van der Waals surface area (Å²) in [5, 5.41) is 12.5. The van der Waals surface area contributed by atoms with Crippen molar-refractivity contribution in [3.63, 3.8) is 0 Å². The van der Waals surface area contributed by atoms with Crippen LogP contribution in [0.5, 0.6) is 0 Å². The summed E-state index contributed by atoms with van der Waals surface area (Å²) < 4.78 is 4.05. The van der Waals surface area contributed by atoms with Crippen molar-refractivity contribution in [3.8, 4) is 33.6 Å². The molecule has 1 N–H and O–H groups in total. The third-order valence-electron chi connectivity index (χ3n) is 6.54. The molecular weight excluding hydrogens is 470 g/mol. The van der Waals surface area contributed by atoms with Crippen molar-refractivity contribution >= 4 is 12.4 Å². The van der Waals surface area contributed by atoms with Gasteiger partial charge in [-0.25, -0.2) is 9.97 Å². The van der Waals surface area contributed by atoms with Gasteiger partial charge in [0, 0.05) is 47.0 Å². The molecule has 8 heteroatoms. The molecule has 1 aliphatic rings. The number of piperidine rings is 1. The van der Waals surface area contributed by atoms with Crippen LogP contribution in [0.25, 0.3) is 33.6 Å². The van der Waals surface area contributed by atoms with Crippen molar-refractivity contribution in [1.82, 2.24) is 34.8 Å². The highest BCUT2D eigenvalue weighted by Gasteiger charge is 2.16. The summed E-state index contributed by atoms with van der Waals surface area (Å²) in [5.74, 6) is 0.707. The zero-order chi connectivity index (χ0) is 23.5. The van der Waals surface area contributed by atoms with Gasteiger partial charge in [-0.05, 0) is 43.1 Å². The van der Waals surface area contributed by atoms with Crippen LogP contribution in [-0.4, -0.2) is 42.6 Å². The number of hydrogen-bond acceptors (Lipinski definition) is 5. The minimum Gasteiger partial charge on any atom is -0.317 e. The van der Waals surface area contributed by atoms with E-state index in [0.717, 1.165) is 60.3 Å². The van der Waals surface area contributed by atoms with Crippen LogP contribution in [0.2, 0.25) is 0 Å². The van der Waals surface area contributed by atoms with E-state index in [1.54, 1.807) is 0 Å². The lowest BCUT2D eigenvalue weighted by atomic mass is 10.1. The standard InChI is InChI=1S/C28H27N7.ClH/c1-2-5-21(6-3-1)18-34-19-25(16-32-34)22-7-4-8-23(13-22)28-30-14-24(15-31-28)26-17-33-35(20-26)27-9-11-29-12-10-27;/h1-8,13-17,19-20,27,29H,9-12,18H2;1H. The molecule has 3 aromatic heterocycles. The molecule has 5 aromatic rings. The summed E-state index contributed by atoms with van der Waals surface area (Å²) in [4.78, 5) is 9.33. The van der Waals surface area contributed by atoms with Gasteiger partial charge in [0.05, 0.1) is 25.0 Å². The van der Waals surface area contributed by atoms with E-state index in [4.69, 9.17) is 0 Å². The second-order valence-corrected chi connectivity index (χ2v) is 8.98. The largest absolute Gasteiger partial charge is 0.317 e. The number of aromatic nitrogens is 6. The van der Waals surface area contributed by atoms with Crippen LogP contribution in [0.1, 0.15) is 24.4 Å². The van der Waals surface area contributed by atoms with Gasteiger partial charge in [0.2, 0.25) is 0 Å². The number of nitrogens with one attached hydrogen (secondary N) is 1. The third kappa shape index (κ3) is 5.22. The molecule has 2 aromatic carbocycles. The lowest BCUT2D eigenvalue weighted by Crippen LogP contribution is -2.29. The molecule has 0 unspecified atom stereocenters. The summed E-state index contributed by atoms with van der Waals surface area (Å²) >= 11 is 0. The summed E-state index contributed by atoms with van der Waals surface area (Å²) in [5.41, 5.74) is 6.41. The summed E-state index contributed by atoms with van der Waals surface area (Å²) in [6.07, 6.45) is 14.0. The summed E-state index contributed by atoms with van der Waals surface area (Å²) in [6.45, 7) is 2.84. The molecule has 6 rings (SSSR count). The van der Waals surface area contributed by atoms with E-state index in [1.807, 2.05) is 47.7 Å². The number of rotatable bonds is 6. The maximum absolute atomic E-state index is 4.66. The quantitative estimate of drug-likeness (QED) is 0.346. The molecule has 0 saturated carbocycles. The monoisotopic (exact) mass is 497 g/mol. The van der Waals surface area contributed by atoms with Crippen LogP contribution in [0.3, 0.4) is 0 Å². The van der Waals surface area contributed by atoms with Crippen molar-refractivity contribution < 1.29 is 0 Å². The average Bonchev–Trinajstić information content (AvgIpc) is 3.61. The summed E-state index contributed by atoms with van der Waals surface area (Å²) in [6, 6.07) is 19.1. The SMILES string of the molecule is Cl.c1ccc(Cn2cc(-c3cccc(-c4ncc(-c5cnn(C6CCNCC6)c5)cn4)c3)cn2)cc1. The Morgan fingerprint density at radius 3 is 2.25 bits per heavy atom. The first-order valence-corrected chi connectivity index (χ1v) is 12.1. The van der Waals surface area contributed by atoms with E-state index in [-0.39, 0.29) is 12.4 Å². The fourth-order valence-electron chi connectivity index (χ4n) is 4.59. The molecule has 7 nitrogen and oxygen atoms in total. The molecule has 4 heterocycles. The van der Waals surface area contributed by atoms with Crippen molar-refractivity contribution in [3.05, 3.63) is 97.3 Å². The molecule has 182 valence electrons. The summed E-state index contributed by atoms with van der Waals surface area (Å²) in [7, 11) is 0. The van der Waals surface area contributed by atoms with Gasteiger partial charge in [-0.3, -0.25) is 9.36 Å². The Bertz CT molecular complexity index is 1400. The Balaban J connectivity index is 0.00000267. The topological polar surface area (TPSA) is 73.5 Å². The first kappa shape index (κ1) is 23.9. The third-order valence-corrected chi connectivity index (χ3v) is 6.54. The number of hydrogen-bond donors (Lipinski definition) is 1. The Hall–Kier alpha value is -3.81. The fraction of sp³-hybridized carbons (Fsp3) is 0.214. The predicted molar refractivity (Wildman–Crippen MR) is 144 cm³/mol. The van der Waals surface area contributed by atoms with Gasteiger partial charge < -0.3 is 5.32 Å². The molecule has 0 amide bonds. The second-order valence-electron chi connectivity index (χ2n) is 8.98. The predicted octanol–water partition coefficient (Wildman–Crippen LogP) is 5.27. The normalized spacial score (nSPS) is 13.9. The molecule has 0 spiro atoms. The number of nitrogens with zero attached hydrogens (tertiary/aromatic N) is 6. The van der Waals surface area contributed by atoms with E-state index in [2.05, 4.69) is 79.0 Å². The molecular formula is C28H28ClN7. The fourth-order valence-corrected chi connectivity index (χ4v) is 4.59. The Morgan fingerprint density at radius 1 is 0.722 bits per heavy atom.